The number of hydrogen-bond donors (Lipinski definition) is 2. The predicted molar refractivity (Wildman–Crippen MR) is 82.8 cm³/mol. The van der Waals surface area contributed by atoms with Gasteiger partial charge in [-0.05, 0) is 61.7 Å². The van der Waals surface area contributed by atoms with Crippen LogP contribution in [0.3, 0.4) is 0 Å². The van der Waals surface area contributed by atoms with E-state index in [1.807, 2.05) is 0 Å². The van der Waals surface area contributed by atoms with Crippen molar-refractivity contribution in [3.05, 3.63) is 18.0 Å². The van der Waals surface area contributed by atoms with Crippen LogP contribution in [0, 0.1) is 23.2 Å². The van der Waals surface area contributed by atoms with E-state index >= 15 is 0 Å². The van der Waals surface area contributed by atoms with E-state index < -0.39 is 5.97 Å². The number of nitrogens with zero attached hydrogens (tertiary/aromatic N) is 2. The van der Waals surface area contributed by atoms with Crippen molar-refractivity contribution >= 4 is 11.9 Å². The monoisotopic (exact) mass is 317 g/mol. The molecule has 0 radical (unpaired) electrons. The third kappa shape index (κ3) is 2.86. The predicted octanol–water partition coefficient (Wildman–Crippen LogP) is 1.91. The fourth-order valence-electron chi connectivity index (χ4n) is 5.56. The molecule has 0 aromatic carbocycles. The summed E-state index contributed by atoms with van der Waals surface area (Å²) in [6.07, 6.45) is 10.7. The molecule has 6 heteroatoms. The van der Waals surface area contributed by atoms with E-state index in [4.69, 9.17) is 5.11 Å². The third-order valence-electron chi connectivity index (χ3n) is 6.01. The van der Waals surface area contributed by atoms with Crippen molar-refractivity contribution in [3.63, 3.8) is 0 Å². The van der Waals surface area contributed by atoms with Gasteiger partial charge in [0.05, 0.1) is 11.8 Å². The number of carbonyl (C=O) groups excluding carboxylic acids is 1. The Balaban J connectivity index is 1.33. The minimum absolute atomic E-state index is 0.0826. The maximum atomic E-state index is 12.2. The molecule has 23 heavy (non-hydrogen) atoms. The first-order chi connectivity index (χ1) is 11.0. The van der Waals surface area contributed by atoms with Crippen molar-refractivity contribution in [2.75, 3.05) is 6.54 Å². The summed E-state index contributed by atoms with van der Waals surface area (Å²) in [5.41, 5.74) is 0.430. The number of hydrogen-bond acceptors (Lipinski definition) is 3. The SMILES string of the molecule is O=C(Cn1cc(C(=O)O)cn1)NCC12CC3CC(CC(C3)C1)C2. The molecule has 0 atom stereocenters. The summed E-state index contributed by atoms with van der Waals surface area (Å²) >= 11 is 0. The molecule has 4 bridgehead atoms. The molecule has 4 aliphatic carbocycles. The number of aromatic nitrogens is 2. The van der Waals surface area contributed by atoms with Gasteiger partial charge in [0, 0.05) is 12.7 Å². The molecule has 4 saturated carbocycles. The maximum absolute atomic E-state index is 12.2. The van der Waals surface area contributed by atoms with Gasteiger partial charge < -0.3 is 10.4 Å². The highest BCUT2D eigenvalue weighted by molar-refractivity contribution is 5.87. The van der Waals surface area contributed by atoms with Gasteiger partial charge in [-0.2, -0.15) is 5.10 Å². The molecule has 4 aliphatic rings. The van der Waals surface area contributed by atoms with Crippen molar-refractivity contribution in [2.45, 2.75) is 45.1 Å². The first-order valence-electron chi connectivity index (χ1n) is 8.54. The average molecular weight is 317 g/mol. The average Bonchev–Trinajstić information content (AvgIpc) is 2.93. The second-order valence-corrected chi connectivity index (χ2v) is 7.93. The Morgan fingerprint density at radius 1 is 1.22 bits per heavy atom. The number of carboxylic acid groups (broad SMARTS) is 1. The molecule has 0 spiro atoms. The Morgan fingerprint density at radius 2 is 1.83 bits per heavy atom. The van der Waals surface area contributed by atoms with Crippen molar-refractivity contribution < 1.29 is 14.7 Å². The zero-order chi connectivity index (χ0) is 16.0. The Labute approximate surface area is 135 Å². The Bertz CT molecular complexity index is 601. The minimum Gasteiger partial charge on any atom is -0.478 e. The van der Waals surface area contributed by atoms with Gasteiger partial charge in [-0.25, -0.2) is 4.79 Å². The van der Waals surface area contributed by atoms with Crippen molar-refractivity contribution in [2.24, 2.45) is 23.2 Å². The highest BCUT2D eigenvalue weighted by Gasteiger charge is 2.50. The molecule has 6 nitrogen and oxygen atoms in total. The van der Waals surface area contributed by atoms with Gasteiger partial charge in [0.15, 0.2) is 0 Å². The molecule has 1 aromatic heterocycles. The minimum atomic E-state index is -1.02. The molecular formula is C17H23N3O3. The second kappa shape index (κ2) is 5.35. The van der Waals surface area contributed by atoms with Crippen LogP contribution in [0.15, 0.2) is 12.4 Å². The lowest BCUT2D eigenvalue weighted by Gasteiger charge is -2.56. The zero-order valence-electron chi connectivity index (χ0n) is 13.2. The molecule has 0 unspecified atom stereocenters. The third-order valence-corrected chi connectivity index (χ3v) is 6.01. The van der Waals surface area contributed by atoms with E-state index in [0.717, 1.165) is 24.3 Å². The standard InChI is InChI=1S/C17H23N3O3/c21-15(9-20-8-14(7-19-20)16(22)23)18-10-17-4-11-1-12(5-17)3-13(2-11)6-17/h7-8,11-13H,1-6,9-10H2,(H,18,21)(H,22,23). The molecule has 124 valence electrons. The summed E-state index contributed by atoms with van der Waals surface area (Å²) in [6, 6.07) is 0. The second-order valence-electron chi connectivity index (χ2n) is 7.93. The fraction of sp³-hybridized carbons (Fsp3) is 0.706. The van der Waals surface area contributed by atoms with Gasteiger partial charge in [-0.15, -0.1) is 0 Å². The Morgan fingerprint density at radius 3 is 2.35 bits per heavy atom. The lowest BCUT2D eigenvalue weighted by atomic mass is 9.49. The summed E-state index contributed by atoms with van der Waals surface area (Å²) in [6.45, 7) is 0.849. The molecule has 5 rings (SSSR count). The Kier molecular flexibility index (Phi) is 3.43. The molecule has 1 aromatic rings. The largest absolute Gasteiger partial charge is 0.478 e. The number of amides is 1. The summed E-state index contributed by atoms with van der Waals surface area (Å²) < 4.78 is 1.39. The molecular weight excluding hydrogens is 294 g/mol. The van der Waals surface area contributed by atoms with E-state index in [2.05, 4.69) is 10.4 Å². The highest BCUT2D eigenvalue weighted by Crippen LogP contribution is 2.59. The van der Waals surface area contributed by atoms with Gasteiger partial charge >= 0.3 is 5.97 Å². The lowest BCUT2D eigenvalue weighted by molar-refractivity contribution is -0.124. The van der Waals surface area contributed by atoms with Crippen LogP contribution in [0.25, 0.3) is 0 Å². The Hall–Kier alpha value is -1.85. The van der Waals surface area contributed by atoms with Crippen molar-refractivity contribution in [1.82, 2.24) is 15.1 Å². The number of nitrogens with one attached hydrogen (secondary N) is 1. The molecule has 1 heterocycles. The van der Waals surface area contributed by atoms with Crippen LogP contribution < -0.4 is 5.32 Å². The number of rotatable bonds is 5. The van der Waals surface area contributed by atoms with Crippen LogP contribution in [0.4, 0.5) is 0 Å². The van der Waals surface area contributed by atoms with Crippen molar-refractivity contribution in [1.29, 1.82) is 0 Å². The molecule has 0 saturated heterocycles. The molecule has 0 aliphatic heterocycles. The van der Waals surface area contributed by atoms with Crippen LogP contribution >= 0.6 is 0 Å². The maximum Gasteiger partial charge on any atom is 0.338 e. The van der Waals surface area contributed by atoms with Gasteiger partial charge in [0.2, 0.25) is 5.91 Å². The van der Waals surface area contributed by atoms with E-state index in [1.165, 1.54) is 55.6 Å². The van der Waals surface area contributed by atoms with Gasteiger partial charge in [0.25, 0.3) is 0 Å². The molecule has 1 amide bonds. The zero-order valence-corrected chi connectivity index (χ0v) is 13.2. The number of carboxylic acids is 1. The summed E-state index contributed by atoms with van der Waals surface area (Å²) in [4.78, 5) is 23.0. The number of aromatic carboxylic acids is 1. The quantitative estimate of drug-likeness (QED) is 0.869. The summed E-state index contributed by atoms with van der Waals surface area (Å²) in [7, 11) is 0. The number of carbonyl (C=O) groups is 2. The van der Waals surface area contributed by atoms with Crippen molar-refractivity contribution in [3.8, 4) is 0 Å². The normalized spacial score (nSPS) is 34.5. The van der Waals surface area contributed by atoms with Gasteiger partial charge in [0.1, 0.15) is 6.54 Å². The van der Waals surface area contributed by atoms with Gasteiger partial charge in [-0.1, -0.05) is 0 Å². The van der Waals surface area contributed by atoms with Crippen LogP contribution in [-0.4, -0.2) is 33.3 Å². The van der Waals surface area contributed by atoms with Crippen LogP contribution in [-0.2, 0) is 11.3 Å². The van der Waals surface area contributed by atoms with E-state index in [-0.39, 0.29) is 18.0 Å². The van der Waals surface area contributed by atoms with E-state index in [1.54, 1.807) is 0 Å². The fourth-order valence-corrected chi connectivity index (χ4v) is 5.56. The molecule has 4 fully saturated rings. The van der Waals surface area contributed by atoms with Crippen LogP contribution in [0.2, 0.25) is 0 Å². The smallest absolute Gasteiger partial charge is 0.338 e. The highest BCUT2D eigenvalue weighted by atomic mass is 16.4. The van der Waals surface area contributed by atoms with E-state index in [9.17, 15) is 9.59 Å². The molecule has 2 N–H and O–H groups in total. The van der Waals surface area contributed by atoms with Gasteiger partial charge in [-0.3, -0.25) is 9.48 Å². The topological polar surface area (TPSA) is 84.2 Å². The van der Waals surface area contributed by atoms with Crippen LogP contribution in [0.1, 0.15) is 48.9 Å². The lowest BCUT2D eigenvalue weighted by Crippen LogP contribution is -2.51. The first kappa shape index (κ1) is 14.7. The summed E-state index contributed by atoms with van der Waals surface area (Å²) in [5.74, 6) is 1.53. The summed E-state index contributed by atoms with van der Waals surface area (Å²) in [5, 5.41) is 15.9. The van der Waals surface area contributed by atoms with E-state index in [0.29, 0.717) is 5.41 Å². The van der Waals surface area contributed by atoms with Crippen LogP contribution in [0.5, 0.6) is 0 Å². The first-order valence-corrected chi connectivity index (χ1v) is 8.54.